The Balaban J connectivity index is 2.52. The lowest BCUT2D eigenvalue weighted by atomic mass is 9.95. The predicted octanol–water partition coefficient (Wildman–Crippen LogP) is 2.45. The molecule has 0 saturated carbocycles. The molecule has 0 saturated heterocycles. The Morgan fingerprint density at radius 3 is 2.19 bits per heavy atom. The van der Waals surface area contributed by atoms with Gasteiger partial charge in [-0.25, -0.2) is 9.59 Å². The first-order valence-corrected chi connectivity index (χ1v) is 7.98. The van der Waals surface area contributed by atoms with E-state index >= 15 is 0 Å². The number of nitrogens with one attached hydrogen (secondary N) is 1. The zero-order valence-corrected chi connectivity index (χ0v) is 14.4. The van der Waals surface area contributed by atoms with E-state index in [1.54, 1.807) is 12.1 Å². The molecule has 0 amide bonds. The van der Waals surface area contributed by atoms with Crippen LogP contribution in [0, 0.1) is 5.92 Å². The Labute approximate surface area is 149 Å². The number of pyridine rings is 1. The van der Waals surface area contributed by atoms with Gasteiger partial charge in [0, 0.05) is 5.56 Å². The summed E-state index contributed by atoms with van der Waals surface area (Å²) < 4.78 is 5.59. The predicted molar refractivity (Wildman–Crippen MR) is 95.8 cm³/mol. The number of aromatic carboxylic acids is 2. The minimum absolute atomic E-state index is 0.236. The summed E-state index contributed by atoms with van der Waals surface area (Å²) in [6, 6.07) is 6.17. The Morgan fingerprint density at radius 1 is 1.12 bits per heavy atom. The molecule has 0 aliphatic rings. The Hall–Kier alpha value is -3.29. The summed E-state index contributed by atoms with van der Waals surface area (Å²) in [5.41, 5.74) is 3.50. The zero-order valence-electron chi connectivity index (χ0n) is 14.4. The fourth-order valence-electron chi connectivity index (χ4n) is 2.47. The highest BCUT2D eigenvalue weighted by Gasteiger charge is 2.26. The molecule has 26 heavy (non-hydrogen) atoms. The van der Waals surface area contributed by atoms with Gasteiger partial charge in [0.1, 0.15) is 22.7 Å². The number of carboxylic acid groups (broad SMARTS) is 2. The molecule has 2 aromatic rings. The number of carbonyl (C=O) groups is 2. The SMILES string of the molecule is CC(C)CCOc1ccc(-c2c(C(=O)O)c(N)[nH]c(=O)c2C(=O)O)cc1. The fraction of sp³-hybridized carbons (Fsp3) is 0.278. The molecule has 0 aliphatic heterocycles. The van der Waals surface area contributed by atoms with Crippen LogP contribution in [0.5, 0.6) is 5.75 Å². The summed E-state index contributed by atoms with van der Waals surface area (Å²) in [5.74, 6) is -2.33. The van der Waals surface area contributed by atoms with Crippen molar-refractivity contribution in [2.75, 3.05) is 12.3 Å². The number of aromatic nitrogens is 1. The van der Waals surface area contributed by atoms with E-state index in [2.05, 4.69) is 18.8 Å². The van der Waals surface area contributed by atoms with Gasteiger partial charge in [-0.1, -0.05) is 26.0 Å². The minimum atomic E-state index is -1.54. The number of rotatable bonds is 7. The average Bonchev–Trinajstić information content (AvgIpc) is 2.53. The van der Waals surface area contributed by atoms with Gasteiger partial charge in [-0.05, 0) is 30.0 Å². The topological polar surface area (TPSA) is 143 Å². The molecule has 2 rings (SSSR count). The molecular formula is C18H20N2O6. The molecule has 1 aromatic carbocycles. The molecule has 5 N–H and O–H groups in total. The van der Waals surface area contributed by atoms with Gasteiger partial charge in [-0.2, -0.15) is 0 Å². The lowest BCUT2D eigenvalue weighted by molar-refractivity contribution is 0.0695. The summed E-state index contributed by atoms with van der Waals surface area (Å²) in [5, 5.41) is 18.8. The third-order valence-electron chi connectivity index (χ3n) is 3.78. The highest BCUT2D eigenvalue weighted by Crippen LogP contribution is 2.30. The first-order valence-electron chi connectivity index (χ1n) is 7.98. The maximum Gasteiger partial charge on any atom is 0.342 e. The van der Waals surface area contributed by atoms with Crippen molar-refractivity contribution in [2.24, 2.45) is 5.92 Å². The molecular weight excluding hydrogens is 340 g/mol. The summed E-state index contributed by atoms with van der Waals surface area (Å²) in [6.45, 7) is 4.67. The lowest BCUT2D eigenvalue weighted by Gasteiger charge is -2.13. The van der Waals surface area contributed by atoms with Crippen LogP contribution in [0.2, 0.25) is 0 Å². The van der Waals surface area contributed by atoms with Crippen LogP contribution in [-0.2, 0) is 0 Å². The molecule has 8 nitrogen and oxygen atoms in total. The average molecular weight is 360 g/mol. The monoisotopic (exact) mass is 360 g/mol. The number of hydrogen-bond donors (Lipinski definition) is 4. The summed E-state index contributed by atoms with van der Waals surface area (Å²) >= 11 is 0. The maximum atomic E-state index is 12.0. The molecule has 0 unspecified atom stereocenters. The second-order valence-corrected chi connectivity index (χ2v) is 6.16. The summed E-state index contributed by atoms with van der Waals surface area (Å²) in [6.07, 6.45) is 0.874. The lowest BCUT2D eigenvalue weighted by Crippen LogP contribution is -2.24. The van der Waals surface area contributed by atoms with Crippen molar-refractivity contribution in [1.29, 1.82) is 0 Å². The molecule has 0 aliphatic carbocycles. The van der Waals surface area contributed by atoms with Crippen LogP contribution in [0.4, 0.5) is 5.82 Å². The van der Waals surface area contributed by atoms with Gasteiger partial charge >= 0.3 is 11.9 Å². The van der Waals surface area contributed by atoms with E-state index < -0.39 is 34.4 Å². The smallest absolute Gasteiger partial charge is 0.342 e. The van der Waals surface area contributed by atoms with E-state index in [1.807, 2.05) is 0 Å². The first kappa shape index (κ1) is 19.0. The molecule has 0 fully saturated rings. The number of H-pyrrole nitrogens is 1. The van der Waals surface area contributed by atoms with Crippen molar-refractivity contribution in [1.82, 2.24) is 4.98 Å². The molecule has 0 spiro atoms. The molecule has 8 heteroatoms. The highest BCUT2D eigenvalue weighted by atomic mass is 16.5. The third kappa shape index (κ3) is 4.02. The Kier molecular flexibility index (Phi) is 5.66. The largest absolute Gasteiger partial charge is 0.494 e. The second-order valence-electron chi connectivity index (χ2n) is 6.16. The number of benzene rings is 1. The van der Waals surface area contributed by atoms with E-state index in [9.17, 15) is 24.6 Å². The maximum absolute atomic E-state index is 12.0. The van der Waals surface area contributed by atoms with Gasteiger partial charge in [0.05, 0.1) is 6.61 Å². The van der Waals surface area contributed by atoms with Crippen molar-refractivity contribution in [3.63, 3.8) is 0 Å². The van der Waals surface area contributed by atoms with Crippen molar-refractivity contribution in [3.05, 3.63) is 45.7 Å². The van der Waals surface area contributed by atoms with Gasteiger partial charge < -0.3 is 25.7 Å². The van der Waals surface area contributed by atoms with Crippen LogP contribution < -0.4 is 16.0 Å². The zero-order chi connectivity index (χ0) is 19.4. The molecule has 0 bridgehead atoms. The highest BCUT2D eigenvalue weighted by molar-refractivity contribution is 6.07. The van der Waals surface area contributed by atoms with E-state index in [4.69, 9.17) is 10.5 Å². The molecule has 1 aromatic heterocycles. The number of aromatic amines is 1. The number of nitrogens with two attached hydrogens (primary N) is 1. The van der Waals surface area contributed by atoms with Crippen LogP contribution in [0.1, 0.15) is 41.0 Å². The van der Waals surface area contributed by atoms with Crippen LogP contribution in [0.25, 0.3) is 11.1 Å². The van der Waals surface area contributed by atoms with Crippen LogP contribution in [0.3, 0.4) is 0 Å². The quantitative estimate of drug-likeness (QED) is 0.594. The van der Waals surface area contributed by atoms with Crippen LogP contribution in [0.15, 0.2) is 29.1 Å². The number of nitrogen functional groups attached to an aromatic ring is 1. The standard InChI is InChI=1S/C18H20N2O6/c1-9(2)7-8-26-11-5-3-10(4-6-11)12-13(17(22)23)15(19)20-16(21)14(12)18(24)25/h3-6,9H,7-8H2,1-2H3,(H,22,23)(H,24,25)(H3,19,20,21). The van der Waals surface area contributed by atoms with Crippen molar-refractivity contribution >= 4 is 17.8 Å². The van der Waals surface area contributed by atoms with Gasteiger partial charge in [0.2, 0.25) is 0 Å². The first-order chi connectivity index (χ1) is 12.2. The van der Waals surface area contributed by atoms with E-state index in [-0.39, 0.29) is 11.1 Å². The number of ether oxygens (including phenoxy) is 1. The number of hydrogen-bond acceptors (Lipinski definition) is 5. The fourth-order valence-corrected chi connectivity index (χ4v) is 2.47. The summed E-state index contributed by atoms with van der Waals surface area (Å²) in [7, 11) is 0. The molecule has 0 atom stereocenters. The Morgan fingerprint density at radius 2 is 1.69 bits per heavy atom. The third-order valence-corrected chi connectivity index (χ3v) is 3.78. The number of anilines is 1. The van der Waals surface area contributed by atoms with E-state index in [0.717, 1.165) is 6.42 Å². The van der Waals surface area contributed by atoms with Crippen LogP contribution >= 0.6 is 0 Å². The minimum Gasteiger partial charge on any atom is -0.494 e. The van der Waals surface area contributed by atoms with E-state index in [0.29, 0.717) is 18.3 Å². The van der Waals surface area contributed by atoms with Gasteiger partial charge in [-0.3, -0.25) is 4.79 Å². The Bertz CT molecular complexity index is 884. The van der Waals surface area contributed by atoms with Gasteiger partial charge in [0.15, 0.2) is 0 Å². The van der Waals surface area contributed by atoms with Gasteiger partial charge in [-0.15, -0.1) is 0 Å². The molecule has 138 valence electrons. The molecule has 1 heterocycles. The molecule has 0 radical (unpaired) electrons. The van der Waals surface area contributed by atoms with Crippen molar-refractivity contribution in [3.8, 4) is 16.9 Å². The number of carboxylic acids is 2. The van der Waals surface area contributed by atoms with Crippen molar-refractivity contribution < 1.29 is 24.5 Å². The van der Waals surface area contributed by atoms with Crippen LogP contribution in [-0.4, -0.2) is 33.7 Å². The van der Waals surface area contributed by atoms with E-state index in [1.165, 1.54) is 12.1 Å². The normalized spacial score (nSPS) is 10.7. The summed E-state index contributed by atoms with van der Waals surface area (Å²) in [4.78, 5) is 37.1. The van der Waals surface area contributed by atoms with Gasteiger partial charge in [0.25, 0.3) is 5.56 Å². The second kappa shape index (κ2) is 7.73. The van der Waals surface area contributed by atoms with Crippen molar-refractivity contribution in [2.45, 2.75) is 20.3 Å².